The van der Waals surface area contributed by atoms with Crippen molar-refractivity contribution in [3.63, 3.8) is 0 Å². The number of hydrogen-bond acceptors (Lipinski definition) is 2. The standard InChI is InChI=1S/C18H26F3N3O.HI/c1-22-17(23-12-11-18(19,20)21)24-13-14-7-9-16(10-8-14)25-15-5-3-2-4-6-15;/h7-10,15H,2-6,11-13H2,1H3,(H2,22,23,24);1H. The molecule has 1 aromatic rings. The summed E-state index contributed by atoms with van der Waals surface area (Å²) in [5.41, 5.74) is 1.01. The molecule has 1 saturated carbocycles. The first-order valence-electron chi connectivity index (χ1n) is 8.73. The molecule has 4 nitrogen and oxygen atoms in total. The first-order chi connectivity index (χ1) is 12.0. The molecule has 1 fully saturated rings. The van der Waals surface area contributed by atoms with Gasteiger partial charge in [0, 0.05) is 20.1 Å². The number of nitrogens with one attached hydrogen (secondary N) is 2. The molecule has 1 aliphatic rings. The predicted molar refractivity (Wildman–Crippen MR) is 108 cm³/mol. The van der Waals surface area contributed by atoms with Gasteiger partial charge in [0.15, 0.2) is 5.96 Å². The van der Waals surface area contributed by atoms with Crippen LogP contribution in [0.4, 0.5) is 13.2 Å². The van der Waals surface area contributed by atoms with Gasteiger partial charge in [-0.1, -0.05) is 18.6 Å². The van der Waals surface area contributed by atoms with Gasteiger partial charge in [-0.15, -0.1) is 24.0 Å². The third-order valence-electron chi connectivity index (χ3n) is 4.16. The van der Waals surface area contributed by atoms with Crippen molar-refractivity contribution in [1.82, 2.24) is 10.6 Å². The summed E-state index contributed by atoms with van der Waals surface area (Å²) in [6.07, 6.45) is 1.24. The van der Waals surface area contributed by atoms with Gasteiger partial charge in [-0.3, -0.25) is 4.99 Å². The van der Waals surface area contributed by atoms with Crippen molar-refractivity contribution in [2.45, 2.75) is 57.3 Å². The zero-order chi connectivity index (χ0) is 18.1. The van der Waals surface area contributed by atoms with Crippen molar-refractivity contribution in [2.75, 3.05) is 13.6 Å². The highest BCUT2D eigenvalue weighted by molar-refractivity contribution is 14.0. The molecular weight excluding hydrogens is 458 g/mol. The van der Waals surface area contributed by atoms with E-state index in [1.165, 1.54) is 26.3 Å². The lowest BCUT2D eigenvalue weighted by Gasteiger charge is -2.23. The molecule has 1 aromatic carbocycles. The molecule has 0 aliphatic heterocycles. The molecule has 2 N–H and O–H groups in total. The van der Waals surface area contributed by atoms with Gasteiger partial charge in [-0.2, -0.15) is 13.2 Å². The minimum atomic E-state index is -4.17. The van der Waals surface area contributed by atoms with Crippen LogP contribution < -0.4 is 15.4 Å². The van der Waals surface area contributed by atoms with Gasteiger partial charge in [0.25, 0.3) is 0 Å². The van der Waals surface area contributed by atoms with E-state index in [2.05, 4.69) is 15.6 Å². The zero-order valence-electron chi connectivity index (χ0n) is 14.9. The van der Waals surface area contributed by atoms with Gasteiger partial charge < -0.3 is 15.4 Å². The van der Waals surface area contributed by atoms with E-state index in [4.69, 9.17) is 4.74 Å². The Labute approximate surface area is 170 Å². The lowest BCUT2D eigenvalue weighted by Crippen LogP contribution is -2.38. The summed E-state index contributed by atoms with van der Waals surface area (Å²) < 4.78 is 42.4. The SMILES string of the molecule is CN=C(NCCC(F)(F)F)NCc1ccc(OC2CCCCC2)cc1.I. The Hall–Kier alpha value is -1.19. The maximum absolute atomic E-state index is 12.2. The van der Waals surface area contributed by atoms with Crippen LogP contribution in [-0.2, 0) is 6.54 Å². The summed E-state index contributed by atoms with van der Waals surface area (Å²) in [6.45, 7) is 0.284. The third kappa shape index (κ3) is 8.95. The van der Waals surface area contributed by atoms with E-state index in [-0.39, 0.29) is 30.5 Å². The van der Waals surface area contributed by atoms with Crippen molar-refractivity contribution < 1.29 is 17.9 Å². The van der Waals surface area contributed by atoms with Crippen molar-refractivity contribution in [1.29, 1.82) is 0 Å². The Kier molecular flexibility index (Phi) is 10.1. The minimum Gasteiger partial charge on any atom is -0.490 e. The van der Waals surface area contributed by atoms with Crippen LogP contribution in [0.25, 0.3) is 0 Å². The van der Waals surface area contributed by atoms with Crippen LogP contribution in [0, 0.1) is 0 Å². The van der Waals surface area contributed by atoms with Crippen molar-refractivity contribution in [3.05, 3.63) is 29.8 Å². The quantitative estimate of drug-likeness (QED) is 0.351. The Morgan fingerprint density at radius 3 is 2.35 bits per heavy atom. The molecule has 1 aliphatic carbocycles. The summed E-state index contributed by atoms with van der Waals surface area (Å²) in [4.78, 5) is 3.92. The maximum atomic E-state index is 12.2. The van der Waals surface area contributed by atoms with Crippen LogP contribution in [0.5, 0.6) is 5.75 Å². The molecule has 0 spiro atoms. The van der Waals surface area contributed by atoms with Crippen LogP contribution in [0.3, 0.4) is 0 Å². The van der Waals surface area contributed by atoms with E-state index in [1.807, 2.05) is 24.3 Å². The fourth-order valence-electron chi connectivity index (χ4n) is 2.79. The molecule has 26 heavy (non-hydrogen) atoms. The first-order valence-corrected chi connectivity index (χ1v) is 8.73. The average Bonchev–Trinajstić information content (AvgIpc) is 2.59. The number of nitrogens with zero attached hydrogens (tertiary/aromatic N) is 1. The highest BCUT2D eigenvalue weighted by Gasteiger charge is 2.26. The largest absolute Gasteiger partial charge is 0.490 e. The van der Waals surface area contributed by atoms with Crippen LogP contribution >= 0.6 is 24.0 Å². The Morgan fingerprint density at radius 1 is 1.12 bits per heavy atom. The molecular formula is C18H27F3IN3O. The van der Waals surface area contributed by atoms with Gasteiger partial charge in [0.1, 0.15) is 5.75 Å². The number of alkyl halides is 3. The van der Waals surface area contributed by atoms with Crippen LogP contribution in [0.1, 0.15) is 44.1 Å². The monoisotopic (exact) mass is 485 g/mol. The van der Waals surface area contributed by atoms with Crippen LogP contribution in [0.15, 0.2) is 29.3 Å². The number of rotatable bonds is 6. The first kappa shape index (κ1) is 22.9. The topological polar surface area (TPSA) is 45.7 Å². The van der Waals surface area contributed by atoms with E-state index in [0.717, 1.165) is 24.2 Å². The number of aliphatic imine (C=N–C) groups is 1. The van der Waals surface area contributed by atoms with Gasteiger partial charge >= 0.3 is 6.18 Å². The second-order valence-electron chi connectivity index (χ2n) is 6.24. The normalized spacial score (nSPS) is 15.9. The second-order valence-corrected chi connectivity index (χ2v) is 6.24. The number of halogens is 4. The average molecular weight is 485 g/mol. The number of guanidine groups is 1. The zero-order valence-corrected chi connectivity index (χ0v) is 17.3. The van der Waals surface area contributed by atoms with E-state index < -0.39 is 12.6 Å². The molecule has 8 heteroatoms. The molecule has 0 saturated heterocycles. The molecule has 0 radical (unpaired) electrons. The Bertz CT molecular complexity index is 544. The van der Waals surface area contributed by atoms with Crippen molar-refractivity contribution in [3.8, 4) is 5.75 Å². The molecule has 0 amide bonds. The number of ether oxygens (including phenoxy) is 1. The van der Waals surface area contributed by atoms with Crippen molar-refractivity contribution in [2.24, 2.45) is 4.99 Å². The fraction of sp³-hybridized carbons (Fsp3) is 0.611. The van der Waals surface area contributed by atoms with E-state index in [1.54, 1.807) is 0 Å². The summed E-state index contributed by atoms with van der Waals surface area (Å²) in [7, 11) is 1.53. The van der Waals surface area contributed by atoms with E-state index in [9.17, 15) is 13.2 Å². The number of hydrogen-bond donors (Lipinski definition) is 2. The van der Waals surface area contributed by atoms with Gasteiger partial charge in [-0.25, -0.2) is 0 Å². The van der Waals surface area contributed by atoms with Gasteiger partial charge in [-0.05, 0) is 43.4 Å². The molecule has 0 bridgehead atoms. The van der Waals surface area contributed by atoms with Gasteiger partial charge in [0.2, 0.25) is 0 Å². The minimum absolute atomic E-state index is 0. The smallest absolute Gasteiger partial charge is 0.390 e. The highest BCUT2D eigenvalue weighted by atomic mass is 127. The molecule has 148 valence electrons. The fourth-order valence-corrected chi connectivity index (χ4v) is 2.79. The summed E-state index contributed by atoms with van der Waals surface area (Å²) >= 11 is 0. The summed E-state index contributed by atoms with van der Waals surface area (Å²) in [5, 5.41) is 5.66. The lowest BCUT2D eigenvalue weighted by atomic mass is 9.98. The molecule has 2 rings (SSSR count). The number of benzene rings is 1. The van der Waals surface area contributed by atoms with E-state index >= 15 is 0 Å². The Morgan fingerprint density at radius 2 is 1.77 bits per heavy atom. The third-order valence-corrected chi connectivity index (χ3v) is 4.16. The van der Waals surface area contributed by atoms with Crippen molar-refractivity contribution >= 4 is 29.9 Å². The molecule has 0 unspecified atom stereocenters. The van der Waals surface area contributed by atoms with E-state index in [0.29, 0.717) is 18.6 Å². The summed E-state index contributed by atoms with van der Waals surface area (Å²) in [6, 6.07) is 7.78. The van der Waals surface area contributed by atoms with Gasteiger partial charge in [0.05, 0.1) is 12.5 Å². The predicted octanol–water partition coefficient (Wildman–Crippen LogP) is 4.63. The maximum Gasteiger partial charge on any atom is 0.390 e. The summed E-state index contributed by atoms with van der Waals surface area (Å²) in [5.74, 6) is 1.22. The lowest BCUT2D eigenvalue weighted by molar-refractivity contribution is -0.132. The molecule has 0 atom stereocenters. The molecule has 0 aromatic heterocycles. The second kappa shape index (κ2) is 11.5. The molecule has 0 heterocycles. The highest BCUT2D eigenvalue weighted by Crippen LogP contribution is 2.23. The van der Waals surface area contributed by atoms with Crippen LogP contribution in [0.2, 0.25) is 0 Å². The van der Waals surface area contributed by atoms with Crippen LogP contribution in [-0.4, -0.2) is 31.8 Å². The Balaban J connectivity index is 0.00000338.